The van der Waals surface area contributed by atoms with Gasteiger partial charge in [-0.1, -0.05) is 0 Å². The fourth-order valence-electron chi connectivity index (χ4n) is 1.02. The molecule has 0 aromatic heterocycles. The summed E-state index contributed by atoms with van der Waals surface area (Å²) in [6.07, 6.45) is 1.42. The summed E-state index contributed by atoms with van der Waals surface area (Å²) < 4.78 is 4.84. The lowest BCUT2D eigenvalue weighted by molar-refractivity contribution is -0.142. The Bertz CT molecular complexity index is 136. The summed E-state index contributed by atoms with van der Waals surface area (Å²) in [6.45, 7) is 0.623. The van der Waals surface area contributed by atoms with Crippen molar-refractivity contribution in [1.29, 1.82) is 0 Å². The molecule has 0 aliphatic heterocycles. The first kappa shape index (κ1) is 11.4. The highest BCUT2D eigenvalue weighted by atomic mass is 16.5. The number of carbonyl (C=O) groups is 1. The largest absolute Gasteiger partial charge is 0.480 e. The van der Waals surface area contributed by atoms with Crippen molar-refractivity contribution in [2.45, 2.75) is 18.9 Å². The highest BCUT2D eigenvalue weighted by molar-refractivity contribution is 5.73. The van der Waals surface area contributed by atoms with E-state index in [0.717, 1.165) is 6.42 Å². The number of nitrogens with zero attached hydrogens (tertiary/aromatic N) is 1. The summed E-state index contributed by atoms with van der Waals surface area (Å²) in [5, 5.41) is 8.76. The van der Waals surface area contributed by atoms with Gasteiger partial charge in [-0.3, -0.25) is 9.69 Å². The Morgan fingerprint density at radius 1 is 1.58 bits per heavy atom. The van der Waals surface area contributed by atoms with Gasteiger partial charge in [-0.05, 0) is 26.9 Å². The quantitative estimate of drug-likeness (QED) is 0.595. The Hall–Kier alpha value is -0.610. The summed E-state index contributed by atoms with van der Waals surface area (Å²) in [5.41, 5.74) is 0. The molecule has 0 rings (SSSR count). The Labute approximate surface area is 73.1 Å². The topological polar surface area (TPSA) is 49.8 Å². The van der Waals surface area contributed by atoms with Crippen LogP contribution in [0.25, 0.3) is 0 Å². The maximum Gasteiger partial charge on any atom is 0.320 e. The van der Waals surface area contributed by atoms with Gasteiger partial charge in [-0.25, -0.2) is 0 Å². The number of hydrogen-bond acceptors (Lipinski definition) is 3. The summed E-state index contributed by atoms with van der Waals surface area (Å²) in [5.74, 6) is -0.767. The fourth-order valence-corrected chi connectivity index (χ4v) is 1.02. The van der Waals surface area contributed by atoms with Crippen LogP contribution < -0.4 is 0 Å². The lowest BCUT2D eigenvalue weighted by Crippen LogP contribution is -2.35. The zero-order valence-electron chi connectivity index (χ0n) is 7.91. The Kier molecular flexibility index (Phi) is 5.66. The highest BCUT2D eigenvalue weighted by Crippen LogP contribution is 2.03. The van der Waals surface area contributed by atoms with Crippen LogP contribution in [0.1, 0.15) is 12.8 Å². The van der Waals surface area contributed by atoms with E-state index in [1.54, 1.807) is 26.1 Å². The first-order chi connectivity index (χ1) is 5.59. The molecule has 0 saturated heterocycles. The number of ether oxygens (including phenoxy) is 1. The van der Waals surface area contributed by atoms with Gasteiger partial charge in [0.15, 0.2) is 0 Å². The van der Waals surface area contributed by atoms with Crippen LogP contribution in [0.4, 0.5) is 0 Å². The second-order valence-corrected chi connectivity index (χ2v) is 2.95. The molecule has 0 aromatic carbocycles. The Morgan fingerprint density at radius 2 is 2.17 bits per heavy atom. The molecule has 0 saturated carbocycles. The van der Waals surface area contributed by atoms with Crippen molar-refractivity contribution < 1.29 is 14.6 Å². The molecule has 1 atom stereocenters. The fraction of sp³-hybridized carbons (Fsp3) is 0.875. The minimum atomic E-state index is -0.767. The first-order valence-corrected chi connectivity index (χ1v) is 3.97. The zero-order chi connectivity index (χ0) is 9.56. The van der Waals surface area contributed by atoms with Crippen molar-refractivity contribution in [3.8, 4) is 0 Å². The van der Waals surface area contributed by atoms with Gasteiger partial charge in [0.2, 0.25) is 0 Å². The molecule has 0 fully saturated rings. The van der Waals surface area contributed by atoms with Gasteiger partial charge in [0.25, 0.3) is 0 Å². The third kappa shape index (κ3) is 4.31. The SMILES string of the molecule is COCCCC(C(=O)O)N(C)C. The molecule has 72 valence electrons. The van der Waals surface area contributed by atoms with E-state index >= 15 is 0 Å². The number of carboxylic acids is 1. The minimum Gasteiger partial charge on any atom is -0.480 e. The van der Waals surface area contributed by atoms with E-state index in [0.29, 0.717) is 13.0 Å². The van der Waals surface area contributed by atoms with Crippen molar-refractivity contribution in [3.05, 3.63) is 0 Å². The van der Waals surface area contributed by atoms with Crippen molar-refractivity contribution in [3.63, 3.8) is 0 Å². The van der Waals surface area contributed by atoms with E-state index in [1.165, 1.54) is 0 Å². The van der Waals surface area contributed by atoms with Gasteiger partial charge in [0, 0.05) is 13.7 Å². The normalized spacial score (nSPS) is 13.3. The molecule has 0 amide bonds. The molecule has 0 aliphatic rings. The van der Waals surface area contributed by atoms with Crippen LogP contribution in [0, 0.1) is 0 Å². The standard InChI is InChI=1S/C8H17NO3/c1-9(2)7(8(10)11)5-4-6-12-3/h7H,4-6H2,1-3H3,(H,10,11). The molecule has 12 heavy (non-hydrogen) atoms. The van der Waals surface area contributed by atoms with Gasteiger partial charge in [-0.15, -0.1) is 0 Å². The molecular weight excluding hydrogens is 158 g/mol. The predicted octanol–water partition coefficient (Wildman–Crippen LogP) is 0.428. The third-order valence-electron chi connectivity index (χ3n) is 1.73. The molecule has 1 unspecified atom stereocenters. The Balaban J connectivity index is 3.72. The third-order valence-corrected chi connectivity index (χ3v) is 1.73. The molecule has 4 nitrogen and oxygen atoms in total. The molecule has 0 heterocycles. The molecule has 0 bridgehead atoms. The summed E-state index contributed by atoms with van der Waals surface area (Å²) in [6, 6.07) is -0.389. The maximum atomic E-state index is 10.7. The summed E-state index contributed by atoms with van der Waals surface area (Å²) in [4.78, 5) is 12.4. The van der Waals surface area contributed by atoms with Crippen LogP contribution in [-0.2, 0) is 9.53 Å². The van der Waals surface area contributed by atoms with Gasteiger partial charge in [0.1, 0.15) is 6.04 Å². The molecule has 0 aromatic rings. The lowest BCUT2D eigenvalue weighted by Gasteiger charge is -2.19. The number of aliphatic carboxylic acids is 1. The predicted molar refractivity (Wildman–Crippen MR) is 46.2 cm³/mol. The van der Waals surface area contributed by atoms with Gasteiger partial charge in [-0.2, -0.15) is 0 Å². The molecule has 0 aliphatic carbocycles. The van der Waals surface area contributed by atoms with Gasteiger partial charge in [0.05, 0.1) is 0 Å². The van der Waals surface area contributed by atoms with Gasteiger partial charge < -0.3 is 9.84 Å². The zero-order valence-corrected chi connectivity index (χ0v) is 7.91. The second kappa shape index (κ2) is 5.97. The smallest absolute Gasteiger partial charge is 0.320 e. The van der Waals surface area contributed by atoms with Crippen LogP contribution >= 0.6 is 0 Å². The number of carboxylic acid groups (broad SMARTS) is 1. The number of methoxy groups -OCH3 is 1. The van der Waals surface area contributed by atoms with Crippen molar-refractivity contribution in [2.75, 3.05) is 27.8 Å². The van der Waals surface area contributed by atoms with E-state index in [-0.39, 0.29) is 6.04 Å². The van der Waals surface area contributed by atoms with Crippen molar-refractivity contribution in [1.82, 2.24) is 4.90 Å². The van der Waals surface area contributed by atoms with Crippen LogP contribution in [-0.4, -0.2) is 49.8 Å². The average Bonchev–Trinajstić information content (AvgIpc) is 1.96. The lowest BCUT2D eigenvalue weighted by atomic mass is 10.1. The Morgan fingerprint density at radius 3 is 2.50 bits per heavy atom. The van der Waals surface area contributed by atoms with E-state index in [9.17, 15) is 4.79 Å². The molecule has 4 heteroatoms. The summed E-state index contributed by atoms with van der Waals surface area (Å²) in [7, 11) is 5.16. The van der Waals surface area contributed by atoms with E-state index in [2.05, 4.69) is 0 Å². The number of hydrogen-bond donors (Lipinski definition) is 1. The number of likely N-dealkylation sites (N-methyl/N-ethyl adjacent to an activating group) is 1. The molecule has 0 spiro atoms. The van der Waals surface area contributed by atoms with Gasteiger partial charge >= 0.3 is 5.97 Å². The summed E-state index contributed by atoms with van der Waals surface area (Å²) >= 11 is 0. The van der Waals surface area contributed by atoms with Crippen molar-refractivity contribution in [2.24, 2.45) is 0 Å². The average molecular weight is 175 g/mol. The van der Waals surface area contributed by atoms with Crippen LogP contribution in [0.3, 0.4) is 0 Å². The van der Waals surface area contributed by atoms with E-state index < -0.39 is 5.97 Å². The monoisotopic (exact) mass is 175 g/mol. The highest BCUT2D eigenvalue weighted by Gasteiger charge is 2.18. The van der Waals surface area contributed by atoms with E-state index in [4.69, 9.17) is 9.84 Å². The maximum absolute atomic E-state index is 10.7. The first-order valence-electron chi connectivity index (χ1n) is 3.97. The van der Waals surface area contributed by atoms with Crippen LogP contribution in [0.5, 0.6) is 0 Å². The minimum absolute atomic E-state index is 0.389. The van der Waals surface area contributed by atoms with E-state index in [1.807, 2.05) is 0 Å². The number of rotatable bonds is 6. The van der Waals surface area contributed by atoms with Crippen LogP contribution in [0.15, 0.2) is 0 Å². The molecule has 1 N–H and O–H groups in total. The molecular formula is C8H17NO3. The van der Waals surface area contributed by atoms with Crippen molar-refractivity contribution >= 4 is 5.97 Å². The van der Waals surface area contributed by atoms with Crippen LogP contribution in [0.2, 0.25) is 0 Å². The second-order valence-electron chi connectivity index (χ2n) is 2.95. The molecule has 0 radical (unpaired) electrons.